The zero-order valence-corrected chi connectivity index (χ0v) is 16.0. The molecule has 1 aromatic carbocycles. The monoisotopic (exact) mass is 401 g/mol. The van der Waals surface area contributed by atoms with Crippen LogP contribution < -0.4 is 11.1 Å². The van der Waals surface area contributed by atoms with E-state index in [1.54, 1.807) is 5.38 Å². The molecular weight excluding hydrogens is 381 g/mol. The molecule has 3 aromatic rings. The van der Waals surface area contributed by atoms with Gasteiger partial charge in [-0.15, -0.1) is 36.2 Å². The van der Waals surface area contributed by atoms with Crippen molar-refractivity contribution in [3.8, 4) is 0 Å². The van der Waals surface area contributed by atoms with Gasteiger partial charge in [0.1, 0.15) is 11.5 Å². The predicted octanol–water partition coefficient (Wildman–Crippen LogP) is 2.73. The van der Waals surface area contributed by atoms with Gasteiger partial charge in [0.05, 0.1) is 16.0 Å². The summed E-state index contributed by atoms with van der Waals surface area (Å²) >= 11 is 1.47. The van der Waals surface area contributed by atoms with Crippen LogP contribution in [-0.2, 0) is 12.8 Å². The molecule has 0 radical (unpaired) electrons. The maximum Gasteiger partial charge on any atom is 0.270 e. The number of aromatic nitrogens is 3. The van der Waals surface area contributed by atoms with Crippen molar-refractivity contribution in [1.82, 2.24) is 20.3 Å². The van der Waals surface area contributed by atoms with Gasteiger partial charge in [0, 0.05) is 24.8 Å². The Morgan fingerprint density at radius 1 is 1.20 bits per heavy atom. The number of imidazole rings is 1. The molecule has 4 N–H and O–H groups in total. The molecule has 2 aromatic heterocycles. The van der Waals surface area contributed by atoms with Crippen molar-refractivity contribution in [2.24, 2.45) is 5.73 Å². The number of para-hydroxylation sites is 2. The van der Waals surface area contributed by atoms with Gasteiger partial charge in [0.15, 0.2) is 0 Å². The van der Waals surface area contributed by atoms with Crippen LogP contribution in [-0.4, -0.2) is 33.9 Å². The van der Waals surface area contributed by atoms with E-state index in [0.29, 0.717) is 25.2 Å². The summed E-state index contributed by atoms with van der Waals surface area (Å²) in [5, 5.41) is 5.57. The number of H-pyrrole nitrogens is 1. The van der Waals surface area contributed by atoms with E-state index in [-0.39, 0.29) is 30.7 Å². The number of nitrogens with two attached hydrogens (primary N) is 1. The summed E-state index contributed by atoms with van der Waals surface area (Å²) in [7, 11) is 0. The topological polar surface area (TPSA) is 96.7 Å². The number of hydrogen-bond donors (Lipinski definition) is 3. The van der Waals surface area contributed by atoms with E-state index in [9.17, 15) is 4.79 Å². The first kappa shape index (κ1) is 21.4. The maximum absolute atomic E-state index is 12.0. The number of aryl methyl sites for hydroxylation is 1. The van der Waals surface area contributed by atoms with Gasteiger partial charge in [-0.1, -0.05) is 12.1 Å². The van der Waals surface area contributed by atoms with E-state index in [1.165, 1.54) is 11.3 Å². The number of carbonyl (C=O) groups excluding carboxylic acids is 1. The Morgan fingerprint density at radius 2 is 2.00 bits per heavy atom. The molecule has 0 saturated heterocycles. The Bertz CT molecular complexity index is 772. The van der Waals surface area contributed by atoms with Crippen LogP contribution in [0.3, 0.4) is 0 Å². The molecule has 6 nitrogen and oxygen atoms in total. The number of fused-ring (bicyclic) bond motifs is 1. The van der Waals surface area contributed by atoms with Crippen LogP contribution in [0, 0.1) is 0 Å². The minimum absolute atomic E-state index is 0. The number of rotatable bonds is 7. The minimum Gasteiger partial charge on any atom is -0.351 e. The average Bonchev–Trinajstić information content (AvgIpc) is 3.18. The number of thiazole rings is 1. The minimum atomic E-state index is -0.130. The van der Waals surface area contributed by atoms with Crippen LogP contribution in [0.4, 0.5) is 0 Å². The lowest BCUT2D eigenvalue weighted by Crippen LogP contribution is -2.25. The van der Waals surface area contributed by atoms with Gasteiger partial charge in [-0.05, 0) is 25.1 Å². The van der Waals surface area contributed by atoms with Gasteiger partial charge in [0.2, 0.25) is 0 Å². The summed E-state index contributed by atoms with van der Waals surface area (Å²) in [5.41, 5.74) is 7.98. The van der Waals surface area contributed by atoms with E-state index in [4.69, 9.17) is 5.73 Å². The Morgan fingerprint density at radius 3 is 2.76 bits per heavy atom. The quantitative estimate of drug-likeness (QED) is 0.530. The normalized spacial score (nSPS) is 10.1. The van der Waals surface area contributed by atoms with Crippen LogP contribution in [0.1, 0.15) is 27.7 Å². The van der Waals surface area contributed by atoms with E-state index in [0.717, 1.165) is 34.7 Å². The van der Waals surface area contributed by atoms with Crippen molar-refractivity contribution < 1.29 is 4.79 Å². The second kappa shape index (κ2) is 10.4. The SMILES string of the molecule is Cl.Cl.NCCc1nc(C(=O)NCCCc2nc3ccccc3[nH]2)cs1. The smallest absolute Gasteiger partial charge is 0.270 e. The molecule has 0 spiro atoms. The molecule has 0 bridgehead atoms. The van der Waals surface area contributed by atoms with Crippen LogP contribution >= 0.6 is 36.2 Å². The average molecular weight is 402 g/mol. The third-order valence-corrected chi connectivity index (χ3v) is 4.37. The molecular formula is C16H21Cl2N5OS. The largest absolute Gasteiger partial charge is 0.351 e. The molecule has 25 heavy (non-hydrogen) atoms. The summed E-state index contributed by atoms with van der Waals surface area (Å²) in [6, 6.07) is 7.95. The fraction of sp³-hybridized carbons (Fsp3) is 0.312. The lowest BCUT2D eigenvalue weighted by atomic mass is 10.3. The Kier molecular flexibility index (Phi) is 8.85. The van der Waals surface area contributed by atoms with Crippen LogP contribution in [0.15, 0.2) is 29.6 Å². The van der Waals surface area contributed by atoms with Crippen molar-refractivity contribution in [3.05, 3.63) is 46.2 Å². The first-order chi connectivity index (χ1) is 11.3. The van der Waals surface area contributed by atoms with E-state index in [2.05, 4.69) is 20.3 Å². The van der Waals surface area contributed by atoms with Crippen molar-refractivity contribution in [2.75, 3.05) is 13.1 Å². The number of hydrogen-bond acceptors (Lipinski definition) is 5. The van der Waals surface area contributed by atoms with Gasteiger partial charge < -0.3 is 16.0 Å². The molecule has 0 unspecified atom stereocenters. The van der Waals surface area contributed by atoms with Crippen molar-refractivity contribution in [1.29, 1.82) is 0 Å². The second-order valence-electron chi connectivity index (χ2n) is 5.23. The van der Waals surface area contributed by atoms with Gasteiger partial charge in [0.25, 0.3) is 5.91 Å². The van der Waals surface area contributed by atoms with Gasteiger partial charge in [-0.2, -0.15) is 0 Å². The molecule has 0 saturated carbocycles. The third-order valence-electron chi connectivity index (χ3n) is 3.46. The summed E-state index contributed by atoms with van der Waals surface area (Å²) in [6.07, 6.45) is 2.33. The summed E-state index contributed by atoms with van der Waals surface area (Å²) in [6.45, 7) is 1.14. The Hall–Kier alpha value is -1.67. The zero-order valence-electron chi connectivity index (χ0n) is 13.5. The molecule has 3 rings (SSSR count). The van der Waals surface area contributed by atoms with Crippen LogP contribution in [0.25, 0.3) is 11.0 Å². The lowest BCUT2D eigenvalue weighted by molar-refractivity contribution is 0.0948. The standard InChI is InChI=1S/C16H19N5OS.2ClH/c17-8-7-15-21-13(10-23-15)16(22)18-9-3-6-14-19-11-4-1-2-5-12(11)20-14;;/h1-2,4-5,10H,3,6-9,17H2,(H,18,22)(H,19,20);2*1H. The molecule has 136 valence electrons. The highest BCUT2D eigenvalue weighted by Crippen LogP contribution is 2.12. The van der Waals surface area contributed by atoms with Gasteiger partial charge in [-0.3, -0.25) is 4.79 Å². The molecule has 0 aliphatic rings. The van der Waals surface area contributed by atoms with Gasteiger partial charge >= 0.3 is 0 Å². The maximum atomic E-state index is 12.0. The first-order valence-electron chi connectivity index (χ1n) is 7.62. The molecule has 0 fully saturated rings. The Labute approximate surface area is 162 Å². The summed E-state index contributed by atoms with van der Waals surface area (Å²) < 4.78 is 0. The summed E-state index contributed by atoms with van der Waals surface area (Å²) in [4.78, 5) is 24.1. The highest BCUT2D eigenvalue weighted by molar-refractivity contribution is 7.09. The van der Waals surface area contributed by atoms with Crippen LogP contribution in [0.5, 0.6) is 0 Å². The zero-order chi connectivity index (χ0) is 16.1. The second-order valence-corrected chi connectivity index (χ2v) is 6.17. The highest BCUT2D eigenvalue weighted by atomic mass is 35.5. The van der Waals surface area contributed by atoms with E-state index in [1.807, 2.05) is 24.3 Å². The number of carbonyl (C=O) groups is 1. The Balaban J connectivity index is 0.00000156. The number of amides is 1. The molecule has 0 atom stereocenters. The predicted molar refractivity (Wildman–Crippen MR) is 106 cm³/mol. The van der Waals surface area contributed by atoms with Crippen molar-refractivity contribution in [2.45, 2.75) is 19.3 Å². The number of aromatic amines is 1. The molecule has 0 aliphatic carbocycles. The first-order valence-corrected chi connectivity index (χ1v) is 8.50. The molecule has 9 heteroatoms. The highest BCUT2D eigenvalue weighted by Gasteiger charge is 2.10. The molecule has 1 amide bonds. The van der Waals surface area contributed by atoms with E-state index >= 15 is 0 Å². The fourth-order valence-electron chi connectivity index (χ4n) is 2.33. The third kappa shape index (κ3) is 5.67. The lowest BCUT2D eigenvalue weighted by Gasteiger charge is -2.02. The number of halogens is 2. The molecule has 0 aliphatic heterocycles. The van der Waals surface area contributed by atoms with Crippen molar-refractivity contribution >= 4 is 53.1 Å². The van der Waals surface area contributed by atoms with Crippen molar-refractivity contribution in [3.63, 3.8) is 0 Å². The van der Waals surface area contributed by atoms with Crippen LogP contribution in [0.2, 0.25) is 0 Å². The van der Waals surface area contributed by atoms with E-state index < -0.39 is 0 Å². The number of nitrogens with one attached hydrogen (secondary N) is 2. The van der Waals surface area contributed by atoms with Gasteiger partial charge in [-0.25, -0.2) is 9.97 Å². The number of nitrogens with zero attached hydrogens (tertiary/aromatic N) is 2. The molecule has 2 heterocycles. The number of benzene rings is 1. The fourth-order valence-corrected chi connectivity index (χ4v) is 3.12. The summed E-state index contributed by atoms with van der Waals surface area (Å²) in [5.74, 6) is 0.813.